The van der Waals surface area contributed by atoms with Crippen LogP contribution in [0.4, 0.5) is 0 Å². The standard InChI is InChI=1S/C27H19Cl2N5O/c1-33-16-30-15-26(33)27(35,18-5-8-20(28)9-6-18)19-7-10-25-24(12-19)23(13-22-14-31-32-34(22)25)17-3-2-4-21(29)11-17/h2-16,35H,1H3. The van der Waals surface area contributed by atoms with E-state index in [2.05, 4.69) is 15.3 Å². The zero-order chi connectivity index (χ0) is 24.2. The predicted molar refractivity (Wildman–Crippen MR) is 138 cm³/mol. The van der Waals surface area contributed by atoms with Crippen LogP contribution >= 0.6 is 23.2 Å². The van der Waals surface area contributed by atoms with E-state index >= 15 is 0 Å². The summed E-state index contributed by atoms with van der Waals surface area (Å²) in [4.78, 5) is 4.27. The first-order valence-electron chi connectivity index (χ1n) is 10.9. The van der Waals surface area contributed by atoms with Crippen molar-refractivity contribution in [1.29, 1.82) is 0 Å². The van der Waals surface area contributed by atoms with Crippen LogP contribution in [0.3, 0.4) is 0 Å². The summed E-state index contributed by atoms with van der Waals surface area (Å²) in [5, 5.41) is 22.9. The van der Waals surface area contributed by atoms with Crippen molar-refractivity contribution in [1.82, 2.24) is 24.4 Å². The van der Waals surface area contributed by atoms with E-state index in [4.69, 9.17) is 23.2 Å². The van der Waals surface area contributed by atoms with Crippen LogP contribution in [0.1, 0.15) is 16.8 Å². The lowest BCUT2D eigenvalue weighted by molar-refractivity contribution is 0.117. The number of halogens is 2. The van der Waals surface area contributed by atoms with Crippen LogP contribution in [0, 0.1) is 0 Å². The molecule has 6 nitrogen and oxygen atoms in total. The molecule has 35 heavy (non-hydrogen) atoms. The Morgan fingerprint density at radius 2 is 1.66 bits per heavy atom. The summed E-state index contributed by atoms with van der Waals surface area (Å²) < 4.78 is 3.61. The average Bonchev–Trinajstić information content (AvgIpc) is 3.52. The molecule has 3 aromatic heterocycles. The van der Waals surface area contributed by atoms with E-state index in [1.807, 2.05) is 72.3 Å². The number of aromatic nitrogens is 5. The van der Waals surface area contributed by atoms with E-state index in [-0.39, 0.29) is 0 Å². The highest BCUT2D eigenvalue weighted by molar-refractivity contribution is 6.31. The summed E-state index contributed by atoms with van der Waals surface area (Å²) in [6.07, 6.45) is 5.08. The van der Waals surface area contributed by atoms with Crippen molar-refractivity contribution in [2.24, 2.45) is 7.05 Å². The molecule has 8 heteroatoms. The third-order valence-corrected chi connectivity index (χ3v) is 6.87. The first kappa shape index (κ1) is 21.8. The molecule has 0 spiro atoms. The van der Waals surface area contributed by atoms with E-state index in [1.54, 1.807) is 35.4 Å². The van der Waals surface area contributed by atoms with Gasteiger partial charge in [-0.25, -0.2) is 9.50 Å². The molecule has 0 saturated carbocycles. The smallest absolute Gasteiger partial charge is 0.156 e. The summed E-state index contributed by atoms with van der Waals surface area (Å²) in [6.45, 7) is 0. The zero-order valence-electron chi connectivity index (χ0n) is 18.6. The number of aryl methyl sites for hydroxylation is 1. The molecular formula is C27H19Cl2N5O. The molecule has 172 valence electrons. The van der Waals surface area contributed by atoms with Gasteiger partial charge < -0.3 is 9.67 Å². The van der Waals surface area contributed by atoms with E-state index < -0.39 is 5.60 Å². The molecule has 6 rings (SSSR count). The minimum absolute atomic E-state index is 0.594. The lowest BCUT2D eigenvalue weighted by Crippen LogP contribution is -2.31. The molecule has 3 aromatic carbocycles. The molecule has 0 aliphatic heterocycles. The van der Waals surface area contributed by atoms with Gasteiger partial charge in [-0.05, 0) is 64.7 Å². The Morgan fingerprint density at radius 3 is 2.40 bits per heavy atom. The zero-order valence-corrected chi connectivity index (χ0v) is 20.1. The quantitative estimate of drug-likeness (QED) is 0.329. The summed E-state index contributed by atoms with van der Waals surface area (Å²) >= 11 is 12.5. The van der Waals surface area contributed by atoms with Crippen molar-refractivity contribution < 1.29 is 5.11 Å². The van der Waals surface area contributed by atoms with Gasteiger partial charge in [-0.2, -0.15) is 0 Å². The second-order valence-corrected chi connectivity index (χ2v) is 9.35. The van der Waals surface area contributed by atoms with Crippen molar-refractivity contribution in [3.63, 3.8) is 0 Å². The Kier molecular flexibility index (Phi) is 5.11. The van der Waals surface area contributed by atoms with Gasteiger partial charge in [0, 0.05) is 22.5 Å². The van der Waals surface area contributed by atoms with Gasteiger partial charge in [-0.1, -0.05) is 58.7 Å². The number of pyridine rings is 1. The van der Waals surface area contributed by atoms with Crippen LogP contribution in [0.5, 0.6) is 0 Å². The molecule has 1 unspecified atom stereocenters. The molecular weight excluding hydrogens is 481 g/mol. The normalized spacial score (nSPS) is 13.4. The fraction of sp³-hybridized carbons (Fsp3) is 0.0741. The van der Waals surface area contributed by atoms with E-state index in [0.717, 1.165) is 27.5 Å². The van der Waals surface area contributed by atoms with Crippen LogP contribution in [0.25, 0.3) is 27.5 Å². The largest absolute Gasteiger partial charge is 0.374 e. The summed E-state index contributed by atoms with van der Waals surface area (Å²) in [7, 11) is 1.86. The van der Waals surface area contributed by atoms with Crippen molar-refractivity contribution in [3.05, 3.63) is 118 Å². The third kappa shape index (κ3) is 3.49. The van der Waals surface area contributed by atoms with Gasteiger partial charge in [0.2, 0.25) is 0 Å². The summed E-state index contributed by atoms with van der Waals surface area (Å²) in [5.41, 5.74) is 4.15. The Bertz CT molecular complexity index is 1710. The van der Waals surface area contributed by atoms with Crippen molar-refractivity contribution in [2.75, 3.05) is 0 Å². The molecule has 0 fully saturated rings. The molecule has 6 aromatic rings. The minimum Gasteiger partial charge on any atom is -0.374 e. The van der Waals surface area contributed by atoms with Gasteiger partial charge >= 0.3 is 0 Å². The second-order valence-electron chi connectivity index (χ2n) is 8.48. The maximum atomic E-state index is 12.4. The highest BCUT2D eigenvalue weighted by atomic mass is 35.5. The van der Waals surface area contributed by atoms with E-state index in [1.165, 1.54) is 0 Å². The van der Waals surface area contributed by atoms with E-state index in [9.17, 15) is 5.11 Å². The van der Waals surface area contributed by atoms with Gasteiger partial charge in [-0.15, -0.1) is 5.10 Å². The van der Waals surface area contributed by atoms with Crippen LogP contribution < -0.4 is 0 Å². The SMILES string of the molecule is Cn1cncc1C(O)(c1ccc(Cl)cc1)c1ccc2c(c1)c(-c1cccc(Cl)c1)cc1cnnn12. The number of rotatable bonds is 4. The number of aliphatic hydroxyl groups is 1. The van der Waals surface area contributed by atoms with Crippen molar-refractivity contribution in [2.45, 2.75) is 5.60 Å². The number of hydrogen-bond donors (Lipinski definition) is 1. The fourth-order valence-electron chi connectivity index (χ4n) is 4.67. The Labute approximate surface area is 211 Å². The first-order chi connectivity index (χ1) is 16.9. The maximum Gasteiger partial charge on any atom is 0.156 e. The van der Waals surface area contributed by atoms with Crippen LogP contribution in [0.2, 0.25) is 10.0 Å². The van der Waals surface area contributed by atoms with Gasteiger partial charge in [0.05, 0.1) is 35.4 Å². The molecule has 1 atom stereocenters. The predicted octanol–water partition coefficient (Wildman–Crippen LogP) is 5.87. The topological polar surface area (TPSA) is 68.2 Å². The lowest BCUT2D eigenvalue weighted by atomic mass is 9.82. The number of fused-ring (bicyclic) bond motifs is 3. The first-order valence-corrected chi connectivity index (χ1v) is 11.7. The molecule has 0 aliphatic rings. The van der Waals surface area contributed by atoms with Gasteiger partial charge in [-0.3, -0.25) is 0 Å². The fourth-order valence-corrected chi connectivity index (χ4v) is 4.99. The highest BCUT2D eigenvalue weighted by Gasteiger charge is 2.37. The van der Waals surface area contributed by atoms with Gasteiger partial charge in [0.15, 0.2) is 5.60 Å². The number of benzene rings is 3. The molecule has 0 aliphatic carbocycles. The highest BCUT2D eigenvalue weighted by Crippen LogP contribution is 2.40. The Morgan fingerprint density at radius 1 is 0.857 bits per heavy atom. The molecule has 0 saturated heterocycles. The second kappa shape index (κ2) is 8.20. The Hall–Kier alpha value is -3.71. The van der Waals surface area contributed by atoms with Crippen LogP contribution in [0.15, 0.2) is 91.5 Å². The summed E-state index contributed by atoms with van der Waals surface area (Å²) in [6, 6.07) is 22.8. The van der Waals surface area contributed by atoms with Crippen LogP contribution in [-0.4, -0.2) is 29.5 Å². The number of nitrogens with zero attached hydrogens (tertiary/aromatic N) is 5. The molecule has 3 heterocycles. The minimum atomic E-state index is -1.48. The molecule has 1 N–H and O–H groups in total. The number of hydrogen-bond acceptors (Lipinski definition) is 4. The maximum absolute atomic E-state index is 12.4. The number of imidazole rings is 1. The Balaban J connectivity index is 1.68. The van der Waals surface area contributed by atoms with Gasteiger partial charge in [0.1, 0.15) is 0 Å². The molecule has 0 radical (unpaired) electrons. The molecule has 0 amide bonds. The molecule has 0 bridgehead atoms. The monoisotopic (exact) mass is 499 g/mol. The van der Waals surface area contributed by atoms with Crippen molar-refractivity contribution >= 4 is 39.6 Å². The third-order valence-electron chi connectivity index (χ3n) is 6.39. The van der Waals surface area contributed by atoms with Gasteiger partial charge in [0.25, 0.3) is 0 Å². The van der Waals surface area contributed by atoms with E-state index in [0.29, 0.717) is 26.9 Å². The lowest BCUT2D eigenvalue weighted by Gasteiger charge is -2.30. The summed E-state index contributed by atoms with van der Waals surface area (Å²) in [5.74, 6) is 0. The van der Waals surface area contributed by atoms with Crippen LogP contribution in [-0.2, 0) is 12.6 Å². The average molecular weight is 500 g/mol. The van der Waals surface area contributed by atoms with Crippen molar-refractivity contribution in [3.8, 4) is 11.1 Å².